The second-order valence-corrected chi connectivity index (χ2v) is 9.35. The van der Waals surface area contributed by atoms with Crippen LogP contribution in [0.3, 0.4) is 0 Å². The van der Waals surface area contributed by atoms with Crippen molar-refractivity contribution in [2.24, 2.45) is 0 Å². The first-order valence-electron chi connectivity index (χ1n) is 9.51. The molecule has 0 unspecified atom stereocenters. The molecule has 0 aliphatic carbocycles. The van der Waals surface area contributed by atoms with Gasteiger partial charge < -0.3 is 14.5 Å². The highest BCUT2D eigenvalue weighted by Crippen LogP contribution is 2.24. The Hall–Kier alpha value is -2.72. The van der Waals surface area contributed by atoms with Crippen molar-refractivity contribution in [2.45, 2.75) is 11.5 Å². The Morgan fingerprint density at radius 2 is 1.81 bits per heavy atom. The van der Waals surface area contributed by atoms with E-state index >= 15 is 0 Å². The van der Waals surface area contributed by atoms with E-state index in [9.17, 15) is 18.0 Å². The third-order valence-corrected chi connectivity index (χ3v) is 7.07. The van der Waals surface area contributed by atoms with Crippen molar-refractivity contribution < 1.29 is 22.7 Å². The zero-order chi connectivity index (χ0) is 22.0. The van der Waals surface area contributed by atoms with Crippen molar-refractivity contribution in [3.63, 3.8) is 0 Å². The molecule has 0 atom stereocenters. The number of hydrogen-bond acceptors (Lipinski definition) is 6. The standard InChI is InChI=1S/C21H19ClN2O6S/c22-15-3-1-14(2-4-15)13-30-21(26)18-12-20(25)23-19-6-5-16(11-17(18)19)31(27,28)24-7-9-29-10-8-24/h1-6,11-12H,7-10,13H2,(H,23,25). The first-order valence-corrected chi connectivity index (χ1v) is 11.3. The fourth-order valence-electron chi connectivity index (χ4n) is 3.31. The summed E-state index contributed by atoms with van der Waals surface area (Å²) in [6, 6.07) is 12.2. The number of nitrogens with one attached hydrogen (secondary N) is 1. The van der Waals surface area contributed by atoms with E-state index in [1.165, 1.54) is 22.5 Å². The van der Waals surface area contributed by atoms with E-state index in [1.54, 1.807) is 24.3 Å². The van der Waals surface area contributed by atoms with Crippen LogP contribution in [0.25, 0.3) is 10.9 Å². The lowest BCUT2D eigenvalue weighted by molar-refractivity contribution is 0.0475. The van der Waals surface area contributed by atoms with Crippen LogP contribution < -0.4 is 5.56 Å². The molecule has 10 heteroatoms. The molecule has 31 heavy (non-hydrogen) atoms. The average Bonchev–Trinajstić information content (AvgIpc) is 2.78. The van der Waals surface area contributed by atoms with Gasteiger partial charge in [0.1, 0.15) is 6.61 Å². The smallest absolute Gasteiger partial charge is 0.339 e. The van der Waals surface area contributed by atoms with Crippen LogP contribution in [0.1, 0.15) is 15.9 Å². The van der Waals surface area contributed by atoms with Crippen molar-refractivity contribution in [2.75, 3.05) is 26.3 Å². The number of carbonyl (C=O) groups excluding carboxylic acids is 1. The van der Waals surface area contributed by atoms with Crippen molar-refractivity contribution in [1.29, 1.82) is 0 Å². The molecule has 0 bridgehead atoms. The van der Waals surface area contributed by atoms with Gasteiger partial charge in [0.15, 0.2) is 0 Å². The number of benzene rings is 2. The average molecular weight is 463 g/mol. The van der Waals surface area contributed by atoms with Crippen LogP contribution in [0.5, 0.6) is 0 Å². The van der Waals surface area contributed by atoms with Gasteiger partial charge in [0, 0.05) is 35.1 Å². The minimum absolute atomic E-state index is 0.00765. The predicted molar refractivity (Wildman–Crippen MR) is 115 cm³/mol. The first-order chi connectivity index (χ1) is 14.8. The molecular weight excluding hydrogens is 444 g/mol. The molecule has 2 heterocycles. The van der Waals surface area contributed by atoms with E-state index in [0.717, 1.165) is 11.6 Å². The van der Waals surface area contributed by atoms with E-state index in [-0.39, 0.29) is 35.5 Å². The number of aromatic amines is 1. The molecule has 1 N–H and O–H groups in total. The molecule has 0 spiro atoms. The molecule has 8 nitrogen and oxygen atoms in total. The molecule has 0 saturated carbocycles. The number of sulfonamides is 1. The van der Waals surface area contributed by atoms with Crippen molar-refractivity contribution in [3.05, 3.63) is 75.0 Å². The Kier molecular flexibility index (Phi) is 6.10. The molecule has 1 aromatic heterocycles. The Labute approximate surface area is 183 Å². The largest absolute Gasteiger partial charge is 0.457 e. The SMILES string of the molecule is O=C(OCc1ccc(Cl)cc1)c1cc(=O)[nH]c2ccc(S(=O)(=O)N3CCOCC3)cc12. The molecule has 0 amide bonds. The van der Waals surface area contributed by atoms with Gasteiger partial charge in [-0.15, -0.1) is 0 Å². The van der Waals surface area contributed by atoms with Gasteiger partial charge in [-0.05, 0) is 35.9 Å². The number of hydrogen-bond donors (Lipinski definition) is 1. The first kappa shape index (κ1) is 21.5. The summed E-state index contributed by atoms with van der Waals surface area (Å²) < 4.78 is 37.9. The van der Waals surface area contributed by atoms with Crippen LogP contribution in [0, 0.1) is 0 Å². The summed E-state index contributed by atoms with van der Waals surface area (Å²) >= 11 is 5.86. The van der Waals surface area contributed by atoms with E-state index in [2.05, 4.69) is 4.98 Å². The Morgan fingerprint density at radius 3 is 2.52 bits per heavy atom. The second kappa shape index (κ2) is 8.80. The monoisotopic (exact) mass is 462 g/mol. The Balaban J connectivity index is 1.67. The highest BCUT2D eigenvalue weighted by Gasteiger charge is 2.27. The van der Waals surface area contributed by atoms with Gasteiger partial charge in [-0.1, -0.05) is 23.7 Å². The number of aromatic nitrogens is 1. The quantitative estimate of drug-likeness (QED) is 0.584. The molecule has 3 aromatic rings. The summed E-state index contributed by atoms with van der Waals surface area (Å²) in [7, 11) is -3.77. The zero-order valence-electron chi connectivity index (χ0n) is 16.3. The van der Waals surface area contributed by atoms with Crippen LogP contribution in [0.2, 0.25) is 5.02 Å². The number of rotatable bonds is 5. The Bertz CT molecular complexity index is 1280. The molecule has 2 aromatic carbocycles. The summed E-state index contributed by atoms with van der Waals surface area (Å²) in [5, 5.41) is 0.847. The van der Waals surface area contributed by atoms with Gasteiger partial charge in [-0.2, -0.15) is 4.31 Å². The number of carbonyl (C=O) groups is 1. The fourth-order valence-corrected chi connectivity index (χ4v) is 4.87. The number of halogens is 1. The molecule has 1 aliphatic rings. The van der Waals surface area contributed by atoms with Gasteiger partial charge in [-0.3, -0.25) is 4.79 Å². The third-order valence-electron chi connectivity index (χ3n) is 4.93. The van der Waals surface area contributed by atoms with Gasteiger partial charge in [0.05, 0.1) is 23.7 Å². The maximum atomic E-state index is 13.0. The summed E-state index contributed by atoms with van der Waals surface area (Å²) in [6.45, 7) is 1.13. The molecule has 4 rings (SSSR count). The molecule has 1 saturated heterocycles. The summed E-state index contributed by atoms with van der Waals surface area (Å²) in [6.07, 6.45) is 0. The lowest BCUT2D eigenvalue weighted by Gasteiger charge is -2.26. The molecule has 1 fully saturated rings. The van der Waals surface area contributed by atoms with E-state index in [0.29, 0.717) is 23.8 Å². The number of esters is 1. The lowest BCUT2D eigenvalue weighted by atomic mass is 10.1. The fraction of sp³-hybridized carbons (Fsp3) is 0.238. The van der Waals surface area contributed by atoms with Crippen LogP contribution in [-0.2, 0) is 26.1 Å². The molecule has 162 valence electrons. The van der Waals surface area contributed by atoms with Crippen molar-refractivity contribution in [1.82, 2.24) is 9.29 Å². The molecule has 1 aliphatic heterocycles. The number of H-pyrrole nitrogens is 1. The van der Waals surface area contributed by atoms with Crippen LogP contribution in [0.4, 0.5) is 0 Å². The Morgan fingerprint density at radius 1 is 1.10 bits per heavy atom. The molecular formula is C21H19ClN2O6S. The number of morpholine rings is 1. The van der Waals surface area contributed by atoms with Crippen LogP contribution >= 0.6 is 11.6 Å². The number of nitrogens with zero attached hydrogens (tertiary/aromatic N) is 1. The van der Waals surface area contributed by atoms with Crippen LogP contribution in [-0.4, -0.2) is 50.0 Å². The highest BCUT2D eigenvalue weighted by atomic mass is 35.5. The third kappa shape index (κ3) is 4.64. The van der Waals surface area contributed by atoms with Gasteiger partial charge in [-0.25, -0.2) is 13.2 Å². The normalized spacial score (nSPS) is 15.1. The minimum Gasteiger partial charge on any atom is -0.457 e. The van der Waals surface area contributed by atoms with Crippen LogP contribution in [0.15, 0.2) is 58.2 Å². The van der Waals surface area contributed by atoms with E-state index in [4.69, 9.17) is 21.1 Å². The van der Waals surface area contributed by atoms with Gasteiger partial charge in [0.2, 0.25) is 15.6 Å². The minimum atomic E-state index is -3.77. The van der Waals surface area contributed by atoms with Gasteiger partial charge in [0.25, 0.3) is 0 Å². The zero-order valence-corrected chi connectivity index (χ0v) is 17.9. The summed E-state index contributed by atoms with van der Waals surface area (Å²) in [5.41, 5.74) is 0.566. The topological polar surface area (TPSA) is 106 Å². The van der Waals surface area contributed by atoms with E-state index < -0.39 is 21.6 Å². The highest BCUT2D eigenvalue weighted by molar-refractivity contribution is 7.89. The summed E-state index contributed by atoms with van der Waals surface area (Å²) in [5.74, 6) is -0.730. The van der Waals surface area contributed by atoms with Gasteiger partial charge >= 0.3 is 5.97 Å². The van der Waals surface area contributed by atoms with Crippen molar-refractivity contribution in [3.8, 4) is 0 Å². The van der Waals surface area contributed by atoms with E-state index in [1.807, 2.05) is 0 Å². The van der Waals surface area contributed by atoms with Crippen molar-refractivity contribution >= 4 is 38.5 Å². The lowest BCUT2D eigenvalue weighted by Crippen LogP contribution is -2.40. The number of fused-ring (bicyclic) bond motifs is 1. The second-order valence-electron chi connectivity index (χ2n) is 6.97. The number of pyridine rings is 1. The maximum Gasteiger partial charge on any atom is 0.339 e. The number of ether oxygens (including phenoxy) is 2. The predicted octanol–water partition coefficient (Wildman–Crippen LogP) is 2.56. The summed E-state index contributed by atoms with van der Waals surface area (Å²) in [4.78, 5) is 27.4. The molecule has 0 radical (unpaired) electrons. The maximum absolute atomic E-state index is 13.0.